The maximum atomic E-state index is 13.9. The predicted molar refractivity (Wildman–Crippen MR) is 144 cm³/mol. The molecule has 7 nitrogen and oxygen atoms in total. The van der Waals surface area contributed by atoms with Crippen LogP contribution in [0.2, 0.25) is 5.02 Å². The summed E-state index contributed by atoms with van der Waals surface area (Å²) < 4.78 is 11.2. The zero-order valence-corrected chi connectivity index (χ0v) is 21.5. The van der Waals surface area contributed by atoms with Crippen LogP contribution in [0.5, 0.6) is 5.75 Å². The van der Waals surface area contributed by atoms with Gasteiger partial charge in [0.25, 0.3) is 5.91 Å². The van der Waals surface area contributed by atoms with E-state index >= 15 is 0 Å². The molecule has 1 amide bonds. The van der Waals surface area contributed by atoms with Gasteiger partial charge in [-0.2, -0.15) is 0 Å². The number of ether oxygens (including phenoxy) is 1. The first kappa shape index (κ1) is 24.5. The van der Waals surface area contributed by atoms with Gasteiger partial charge in [-0.1, -0.05) is 35.9 Å². The normalized spacial score (nSPS) is 15.5. The number of halogens is 1. The number of aliphatic hydroxyl groups is 1. The second kappa shape index (κ2) is 9.33. The van der Waals surface area contributed by atoms with E-state index < -0.39 is 23.5 Å². The maximum absolute atomic E-state index is 13.9. The number of Topliss-reactive ketones (excluding diaryl/α,β-unsaturated/α-hetero) is 1. The molecule has 188 valence electrons. The Labute approximate surface area is 219 Å². The lowest BCUT2D eigenvalue weighted by Gasteiger charge is -2.28. The summed E-state index contributed by atoms with van der Waals surface area (Å²) in [7, 11) is 5.32. The summed E-state index contributed by atoms with van der Waals surface area (Å²) in [5.74, 6) is -1.53. The Morgan fingerprint density at radius 2 is 1.78 bits per heavy atom. The molecule has 8 heteroatoms. The Bertz CT molecular complexity index is 1570. The molecule has 3 aromatic carbocycles. The highest BCUT2D eigenvalue weighted by atomic mass is 35.5. The van der Waals surface area contributed by atoms with Crippen LogP contribution in [0.1, 0.15) is 27.7 Å². The molecule has 0 spiro atoms. The number of carbonyl (C=O) groups excluding carboxylic acids is 2. The average molecular weight is 517 g/mol. The average Bonchev–Trinajstić information content (AvgIpc) is 3.42. The number of aryl methyl sites for hydroxylation is 1. The predicted octanol–water partition coefficient (Wildman–Crippen LogP) is 6.25. The standard InChI is InChI=1S/C29H25ClN2O5/c1-16-7-5-6-8-21(16)25-24(26(33)22-14-17-13-18(30)15-23(36-4)28(17)37-22)27(34)29(35)32(25)20-11-9-19(10-12-20)31(2)3/h5-15,25,34H,1-4H3. The van der Waals surface area contributed by atoms with E-state index in [1.807, 2.05) is 62.3 Å². The third kappa shape index (κ3) is 4.11. The number of methoxy groups -OCH3 is 1. The Hall–Kier alpha value is -4.23. The second-order valence-corrected chi connectivity index (χ2v) is 9.51. The molecule has 37 heavy (non-hydrogen) atoms. The van der Waals surface area contributed by atoms with Gasteiger partial charge in [-0.3, -0.25) is 14.5 Å². The molecule has 0 radical (unpaired) electrons. The van der Waals surface area contributed by atoms with Crippen molar-refractivity contribution in [2.24, 2.45) is 0 Å². The number of hydrogen-bond donors (Lipinski definition) is 1. The lowest BCUT2D eigenvalue weighted by Crippen LogP contribution is -2.31. The first-order chi connectivity index (χ1) is 17.7. The maximum Gasteiger partial charge on any atom is 0.294 e. The van der Waals surface area contributed by atoms with Crippen LogP contribution in [0.4, 0.5) is 11.4 Å². The van der Waals surface area contributed by atoms with E-state index in [1.165, 1.54) is 12.0 Å². The Balaban J connectivity index is 1.66. The number of amides is 1. The fourth-order valence-electron chi connectivity index (χ4n) is 4.68. The SMILES string of the molecule is COc1cc(Cl)cc2cc(C(=O)C3=C(O)C(=O)N(c4ccc(N(C)C)cc4)C3c3ccccc3C)oc12. The van der Waals surface area contributed by atoms with Gasteiger partial charge in [-0.15, -0.1) is 0 Å². The van der Waals surface area contributed by atoms with Crippen molar-refractivity contribution >= 4 is 45.6 Å². The van der Waals surface area contributed by atoms with Crippen molar-refractivity contribution < 1.29 is 23.8 Å². The van der Waals surface area contributed by atoms with E-state index in [1.54, 1.807) is 30.3 Å². The Morgan fingerprint density at radius 3 is 2.43 bits per heavy atom. The summed E-state index contributed by atoms with van der Waals surface area (Å²) in [5.41, 5.74) is 3.38. The summed E-state index contributed by atoms with van der Waals surface area (Å²) in [4.78, 5) is 30.8. The quantitative estimate of drug-likeness (QED) is 0.305. The van der Waals surface area contributed by atoms with Crippen LogP contribution in [-0.4, -0.2) is 38.0 Å². The molecule has 5 rings (SSSR count). The lowest BCUT2D eigenvalue weighted by molar-refractivity contribution is -0.117. The molecule has 0 saturated carbocycles. The van der Waals surface area contributed by atoms with Gasteiger partial charge in [-0.05, 0) is 54.4 Å². The monoisotopic (exact) mass is 516 g/mol. The van der Waals surface area contributed by atoms with Gasteiger partial charge in [0.05, 0.1) is 18.7 Å². The molecule has 0 fully saturated rings. The van der Waals surface area contributed by atoms with Crippen LogP contribution >= 0.6 is 11.6 Å². The number of benzene rings is 3. The highest BCUT2D eigenvalue weighted by Gasteiger charge is 2.45. The molecule has 1 unspecified atom stereocenters. The van der Waals surface area contributed by atoms with Crippen LogP contribution in [0.15, 0.2) is 82.5 Å². The van der Waals surface area contributed by atoms with Crippen molar-refractivity contribution in [3.8, 4) is 5.75 Å². The van der Waals surface area contributed by atoms with Crippen LogP contribution in [0.3, 0.4) is 0 Å². The van der Waals surface area contributed by atoms with Gasteiger partial charge in [0.1, 0.15) is 0 Å². The highest BCUT2D eigenvalue weighted by molar-refractivity contribution is 6.31. The fraction of sp³-hybridized carbons (Fsp3) is 0.172. The molecule has 0 aliphatic carbocycles. The number of rotatable bonds is 6. The molecular formula is C29H25ClN2O5. The molecule has 1 aliphatic heterocycles. The summed E-state index contributed by atoms with van der Waals surface area (Å²) in [6.45, 7) is 1.90. The topological polar surface area (TPSA) is 83.2 Å². The van der Waals surface area contributed by atoms with Crippen molar-refractivity contribution in [3.05, 3.63) is 100.0 Å². The van der Waals surface area contributed by atoms with Gasteiger partial charge < -0.3 is 19.2 Å². The highest BCUT2D eigenvalue weighted by Crippen LogP contribution is 2.44. The zero-order valence-electron chi connectivity index (χ0n) is 20.8. The summed E-state index contributed by atoms with van der Waals surface area (Å²) in [5, 5.41) is 12.1. The number of fused-ring (bicyclic) bond motifs is 1. The van der Waals surface area contributed by atoms with Crippen molar-refractivity contribution in [1.29, 1.82) is 0 Å². The third-order valence-electron chi connectivity index (χ3n) is 6.57. The molecule has 1 aliphatic rings. The van der Waals surface area contributed by atoms with Crippen molar-refractivity contribution in [3.63, 3.8) is 0 Å². The minimum atomic E-state index is -0.856. The van der Waals surface area contributed by atoms with Gasteiger partial charge in [0.15, 0.2) is 22.9 Å². The zero-order chi connectivity index (χ0) is 26.4. The lowest BCUT2D eigenvalue weighted by atomic mass is 9.92. The van der Waals surface area contributed by atoms with Gasteiger partial charge in [-0.25, -0.2) is 0 Å². The van der Waals surface area contributed by atoms with Crippen LogP contribution < -0.4 is 14.5 Å². The molecule has 0 saturated heterocycles. The Morgan fingerprint density at radius 1 is 1.08 bits per heavy atom. The number of furan rings is 1. The smallest absolute Gasteiger partial charge is 0.294 e. The van der Waals surface area contributed by atoms with Crippen molar-refractivity contribution in [2.45, 2.75) is 13.0 Å². The number of nitrogens with zero attached hydrogens (tertiary/aromatic N) is 2. The van der Waals surface area contributed by atoms with E-state index in [2.05, 4.69) is 0 Å². The molecule has 1 atom stereocenters. The summed E-state index contributed by atoms with van der Waals surface area (Å²) in [6, 6.07) is 18.8. The number of ketones is 1. The number of carbonyl (C=O) groups is 2. The van der Waals surface area contributed by atoms with E-state index in [4.69, 9.17) is 20.8 Å². The van der Waals surface area contributed by atoms with E-state index in [-0.39, 0.29) is 11.3 Å². The van der Waals surface area contributed by atoms with Crippen molar-refractivity contribution in [1.82, 2.24) is 0 Å². The minimum absolute atomic E-state index is 0.0340. The summed E-state index contributed by atoms with van der Waals surface area (Å²) in [6.07, 6.45) is 0. The summed E-state index contributed by atoms with van der Waals surface area (Å²) >= 11 is 6.19. The van der Waals surface area contributed by atoms with Crippen LogP contribution in [0.25, 0.3) is 11.0 Å². The number of anilines is 2. The molecular weight excluding hydrogens is 492 g/mol. The Kier molecular flexibility index (Phi) is 6.17. The largest absolute Gasteiger partial charge is 0.503 e. The van der Waals surface area contributed by atoms with Gasteiger partial charge in [0, 0.05) is 41.9 Å². The van der Waals surface area contributed by atoms with Gasteiger partial charge in [0.2, 0.25) is 5.78 Å². The fourth-order valence-corrected chi connectivity index (χ4v) is 4.90. The van der Waals surface area contributed by atoms with Crippen molar-refractivity contribution in [2.75, 3.05) is 31.0 Å². The molecule has 0 bridgehead atoms. The molecule has 2 heterocycles. The second-order valence-electron chi connectivity index (χ2n) is 9.07. The van der Waals surface area contributed by atoms with Crippen LogP contribution in [-0.2, 0) is 4.79 Å². The molecule has 4 aromatic rings. The third-order valence-corrected chi connectivity index (χ3v) is 6.79. The number of aliphatic hydroxyl groups excluding tert-OH is 1. The van der Waals surface area contributed by atoms with Crippen LogP contribution in [0, 0.1) is 6.92 Å². The molecule has 1 N–H and O–H groups in total. The number of hydrogen-bond acceptors (Lipinski definition) is 6. The van der Waals surface area contributed by atoms with E-state index in [0.717, 1.165) is 16.8 Å². The molecule has 1 aromatic heterocycles. The van der Waals surface area contributed by atoms with Gasteiger partial charge >= 0.3 is 0 Å². The minimum Gasteiger partial charge on any atom is -0.503 e. The van der Waals surface area contributed by atoms with E-state index in [0.29, 0.717) is 27.4 Å². The first-order valence-corrected chi connectivity index (χ1v) is 12.0. The van der Waals surface area contributed by atoms with E-state index in [9.17, 15) is 14.7 Å². The first-order valence-electron chi connectivity index (χ1n) is 11.6.